The molecule has 5 nitrogen and oxygen atoms in total. The quantitative estimate of drug-likeness (QED) is 0.827. The lowest BCUT2D eigenvalue weighted by Crippen LogP contribution is -2.38. The Bertz CT molecular complexity index is 508. The molecule has 0 saturated carbocycles. The molecule has 1 saturated heterocycles. The van der Waals surface area contributed by atoms with Crippen LogP contribution in [0.2, 0.25) is 0 Å². The summed E-state index contributed by atoms with van der Waals surface area (Å²) in [4.78, 5) is 26.5. The number of thioether (sulfide) groups is 1. The van der Waals surface area contributed by atoms with Crippen LogP contribution in [0.3, 0.4) is 0 Å². The maximum Gasteiger partial charge on any atom is 0.328 e. The Kier molecular flexibility index (Phi) is 5.17. The van der Waals surface area contributed by atoms with E-state index in [9.17, 15) is 9.59 Å². The number of pyridine rings is 1. The highest BCUT2D eigenvalue weighted by atomic mass is 32.2. The molecule has 0 aliphatic carbocycles. The Labute approximate surface area is 121 Å². The number of hydrogen-bond acceptors (Lipinski definition) is 4. The Balaban J connectivity index is 1.94. The van der Waals surface area contributed by atoms with Crippen molar-refractivity contribution >= 4 is 29.7 Å². The molecule has 1 aliphatic heterocycles. The van der Waals surface area contributed by atoms with Gasteiger partial charge in [-0.3, -0.25) is 9.78 Å². The van der Waals surface area contributed by atoms with Crippen LogP contribution in [0, 0.1) is 0 Å². The van der Waals surface area contributed by atoms with E-state index in [1.54, 1.807) is 12.1 Å². The number of rotatable bonds is 4. The zero-order valence-electron chi connectivity index (χ0n) is 10.9. The number of carbonyl (C=O) groups is 2. The van der Waals surface area contributed by atoms with Crippen molar-refractivity contribution in [2.45, 2.75) is 18.9 Å². The average Bonchev–Trinajstić information content (AvgIpc) is 2.46. The summed E-state index contributed by atoms with van der Waals surface area (Å²) in [5.74, 6) is 0.924. The van der Waals surface area contributed by atoms with Crippen LogP contribution in [0.25, 0.3) is 6.08 Å². The minimum Gasteiger partial charge on any atom is -0.478 e. The molecule has 1 aromatic rings. The highest BCUT2D eigenvalue weighted by molar-refractivity contribution is 7.99. The van der Waals surface area contributed by atoms with Crippen LogP contribution in [0.15, 0.2) is 24.4 Å². The highest BCUT2D eigenvalue weighted by Gasteiger charge is 2.17. The van der Waals surface area contributed by atoms with Crippen LogP contribution in [-0.4, -0.2) is 39.5 Å². The fourth-order valence-corrected chi connectivity index (χ4v) is 2.99. The van der Waals surface area contributed by atoms with Crippen LogP contribution in [-0.2, 0) is 4.79 Å². The van der Waals surface area contributed by atoms with Crippen molar-refractivity contribution in [3.05, 3.63) is 35.7 Å². The van der Waals surface area contributed by atoms with Gasteiger partial charge in [-0.2, -0.15) is 11.8 Å². The number of carbonyl (C=O) groups excluding carboxylic acids is 1. The summed E-state index contributed by atoms with van der Waals surface area (Å²) < 4.78 is 0. The van der Waals surface area contributed by atoms with Gasteiger partial charge in [-0.15, -0.1) is 0 Å². The number of amides is 1. The maximum atomic E-state index is 12.0. The molecule has 2 heterocycles. The molecular formula is C14H16N2O3S. The molecule has 2 rings (SSSR count). The summed E-state index contributed by atoms with van der Waals surface area (Å²) in [7, 11) is 0. The van der Waals surface area contributed by atoms with Crippen molar-refractivity contribution in [2.75, 3.05) is 11.5 Å². The first-order valence-corrected chi connectivity index (χ1v) is 7.56. The molecule has 2 N–H and O–H groups in total. The van der Waals surface area contributed by atoms with Crippen LogP contribution >= 0.6 is 11.8 Å². The van der Waals surface area contributed by atoms with Gasteiger partial charge in [0.05, 0.1) is 0 Å². The molecule has 1 unspecified atom stereocenters. The number of nitrogens with zero attached hydrogens (tertiary/aromatic N) is 1. The largest absolute Gasteiger partial charge is 0.478 e. The van der Waals surface area contributed by atoms with Crippen molar-refractivity contribution < 1.29 is 14.7 Å². The third kappa shape index (κ3) is 4.38. The molecular weight excluding hydrogens is 276 g/mol. The zero-order chi connectivity index (χ0) is 14.4. The van der Waals surface area contributed by atoms with E-state index < -0.39 is 5.97 Å². The highest BCUT2D eigenvalue weighted by Crippen LogP contribution is 2.17. The van der Waals surface area contributed by atoms with Crippen molar-refractivity contribution in [2.24, 2.45) is 0 Å². The van der Waals surface area contributed by atoms with E-state index in [1.807, 2.05) is 11.8 Å². The van der Waals surface area contributed by atoms with Crippen LogP contribution in [0.5, 0.6) is 0 Å². The second-order valence-corrected chi connectivity index (χ2v) is 5.69. The third-order valence-corrected chi connectivity index (χ3v) is 4.15. The molecule has 20 heavy (non-hydrogen) atoms. The minimum absolute atomic E-state index is 0.175. The standard InChI is InChI=1S/C14H16N2O3S/c17-13(18)6-4-10-3-5-12(15-8-10)14(19)16-11-2-1-7-20-9-11/h3-6,8,11H,1-2,7,9H2,(H,16,19)(H,17,18)/b6-4+. The monoisotopic (exact) mass is 292 g/mol. The number of aliphatic carboxylic acids is 1. The summed E-state index contributed by atoms with van der Waals surface area (Å²) >= 11 is 1.85. The normalized spacial score (nSPS) is 18.9. The summed E-state index contributed by atoms with van der Waals surface area (Å²) in [6, 6.07) is 3.50. The first kappa shape index (κ1) is 14.6. The summed E-state index contributed by atoms with van der Waals surface area (Å²) in [6.07, 6.45) is 6.11. The van der Waals surface area contributed by atoms with E-state index in [4.69, 9.17) is 5.11 Å². The fraction of sp³-hybridized carbons (Fsp3) is 0.357. The Morgan fingerprint density at radius 1 is 1.45 bits per heavy atom. The van der Waals surface area contributed by atoms with Gasteiger partial charge in [0.1, 0.15) is 5.69 Å². The average molecular weight is 292 g/mol. The molecule has 1 amide bonds. The van der Waals surface area contributed by atoms with Crippen LogP contribution in [0.1, 0.15) is 28.9 Å². The van der Waals surface area contributed by atoms with E-state index in [2.05, 4.69) is 10.3 Å². The number of aromatic nitrogens is 1. The molecule has 106 valence electrons. The van der Waals surface area contributed by atoms with E-state index in [0.717, 1.165) is 30.4 Å². The van der Waals surface area contributed by atoms with Gasteiger partial charge in [-0.25, -0.2) is 4.79 Å². The Morgan fingerprint density at radius 2 is 2.30 bits per heavy atom. The number of hydrogen-bond donors (Lipinski definition) is 2. The number of carboxylic acids is 1. The molecule has 1 aromatic heterocycles. The topological polar surface area (TPSA) is 79.3 Å². The van der Waals surface area contributed by atoms with E-state index >= 15 is 0 Å². The van der Waals surface area contributed by atoms with E-state index in [0.29, 0.717) is 11.3 Å². The molecule has 1 atom stereocenters. The Morgan fingerprint density at radius 3 is 2.90 bits per heavy atom. The molecule has 0 aromatic carbocycles. The van der Waals surface area contributed by atoms with Gasteiger partial charge in [0.15, 0.2) is 0 Å². The molecule has 6 heteroatoms. The van der Waals surface area contributed by atoms with Gasteiger partial charge >= 0.3 is 5.97 Å². The maximum absolute atomic E-state index is 12.0. The third-order valence-electron chi connectivity index (χ3n) is 2.93. The van der Waals surface area contributed by atoms with E-state index in [1.165, 1.54) is 12.3 Å². The van der Waals surface area contributed by atoms with Crippen molar-refractivity contribution in [1.82, 2.24) is 10.3 Å². The van der Waals surface area contributed by atoms with Gasteiger partial charge in [0.2, 0.25) is 0 Å². The Hall–Kier alpha value is -1.82. The minimum atomic E-state index is -1.01. The molecule has 1 aliphatic rings. The van der Waals surface area contributed by atoms with Crippen molar-refractivity contribution in [3.63, 3.8) is 0 Å². The van der Waals surface area contributed by atoms with Crippen LogP contribution < -0.4 is 5.32 Å². The SMILES string of the molecule is O=C(O)/C=C/c1ccc(C(=O)NC2CCCSC2)nc1. The molecule has 0 spiro atoms. The van der Waals surface area contributed by atoms with E-state index in [-0.39, 0.29) is 11.9 Å². The lowest BCUT2D eigenvalue weighted by Gasteiger charge is -2.22. The summed E-state index contributed by atoms with van der Waals surface area (Å²) in [5.41, 5.74) is 1.00. The number of nitrogens with one attached hydrogen (secondary N) is 1. The van der Waals surface area contributed by atoms with Gasteiger partial charge < -0.3 is 10.4 Å². The lowest BCUT2D eigenvalue weighted by molar-refractivity contribution is -0.131. The predicted molar refractivity (Wildman–Crippen MR) is 78.7 cm³/mol. The van der Waals surface area contributed by atoms with Gasteiger partial charge in [0, 0.05) is 24.1 Å². The van der Waals surface area contributed by atoms with Gasteiger partial charge in [-0.05, 0) is 36.3 Å². The summed E-state index contributed by atoms with van der Waals surface area (Å²) in [6.45, 7) is 0. The zero-order valence-corrected chi connectivity index (χ0v) is 11.7. The first-order valence-electron chi connectivity index (χ1n) is 6.41. The smallest absolute Gasteiger partial charge is 0.328 e. The number of carboxylic acid groups (broad SMARTS) is 1. The van der Waals surface area contributed by atoms with Gasteiger partial charge in [-0.1, -0.05) is 6.07 Å². The molecule has 0 radical (unpaired) electrons. The van der Waals surface area contributed by atoms with Crippen molar-refractivity contribution in [3.8, 4) is 0 Å². The first-order chi connectivity index (χ1) is 9.65. The fourth-order valence-electron chi connectivity index (χ4n) is 1.92. The van der Waals surface area contributed by atoms with Crippen molar-refractivity contribution in [1.29, 1.82) is 0 Å². The van der Waals surface area contributed by atoms with Gasteiger partial charge in [0.25, 0.3) is 5.91 Å². The second kappa shape index (κ2) is 7.09. The molecule has 0 bridgehead atoms. The molecule has 1 fully saturated rings. The van der Waals surface area contributed by atoms with Crippen LogP contribution in [0.4, 0.5) is 0 Å². The summed E-state index contributed by atoms with van der Waals surface area (Å²) in [5, 5.41) is 11.5. The lowest BCUT2D eigenvalue weighted by atomic mass is 10.1. The second-order valence-electron chi connectivity index (χ2n) is 4.54. The predicted octanol–water partition coefficient (Wildman–Crippen LogP) is 1.80.